The summed E-state index contributed by atoms with van der Waals surface area (Å²) in [5.74, 6) is -3.62. The number of fused-ring (bicyclic) bond motifs is 3. The Morgan fingerprint density at radius 3 is 2.29 bits per heavy atom. The third-order valence-corrected chi connectivity index (χ3v) is 6.20. The molecule has 0 heterocycles. The highest BCUT2D eigenvalue weighted by Crippen LogP contribution is 2.40. The summed E-state index contributed by atoms with van der Waals surface area (Å²) in [5, 5.41) is 0. The van der Waals surface area contributed by atoms with Gasteiger partial charge in [0, 0.05) is 0 Å². The molecular formula is C27H26F4. The normalized spacial score (nSPS) is 12.5. The molecule has 0 atom stereocenters. The highest BCUT2D eigenvalue weighted by Gasteiger charge is 2.25. The summed E-state index contributed by atoms with van der Waals surface area (Å²) in [7, 11) is 0. The van der Waals surface area contributed by atoms with Gasteiger partial charge in [-0.3, -0.25) is 0 Å². The lowest BCUT2D eigenvalue weighted by atomic mass is 9.82. The van der Waals surface area contributed by atoms with E-state index in [-0.39, 0.29) is 11.1 Å². The standard InChI is InChI=1S/C27H26F4/c1-2-3-4-5-6-7-17-8-11-20-18(14-17)9-12-21-22(20)16-25(30)26(27(21)31)19-10-13-23(28)24(29)15-19/h8,10-11,13-16H,2-7,9,12H2,1H3. The van der Waals surface area contributed by atoms with Gasteiger partial charge in [0.2, 0.25) is 0 Å². The van der Waals surface area contributed by atoms with E-state index in [0.29, 0.717) is 24.0 Å². The van der Waals surface area contributed by atoms with E-state index in [1.807, 2.05) is 12.1 Å². The molecule has 4 heteroatoms. The third kappa shape index (κ3) is 4.39. The van der Waals surface area contributed by atoms with Crippen LogP contribution in [0.25, 0.3) is 22.3 Å². The Balaban J connectivity index is 1.64. The summed E-state index contributed by atoms with van der Waals surface area (Å²) in [5.41, 5.74) is 3.91. The van der Waals surface area contributed by atoms with Crippen LogP contribution in [-0.2, 0) is 19.3 Å². The molecule has 0 N–H and O–H groups in total. The van der Waals surface area contributed by atoms with Crippen LogP contribution < -0.4 is 0 Å². The van der Waals surface area contributed by atoms with Crippen molar-refractivity contribution in [3.8, 4) is 22.3 Å². The molecule has 0 aromatic heterocycles. The van der Waals surface area contributed by atoms with Crippen molar-refractivity contribution in [2.24, 2.45) is 0 Å². The number of benzene rings is 3. The van der Waals surface area contributed by atoms with E-state index in [4.69, 9.17) is 0 Å². The Morgan fingerprint density at radius 1 is 0.710 bits per heavy atom. The molecule has 162 valence electrons. The molecule has 31 heavy (non-hydrogen) atoms. The molecule has 1 aliphatic rings. The SMILES string of the molecule is CCCCCCCc1ccc2c(c1)CCc1c-2cc(F)c(-c2ccc(F)c(F)c2)c1F. The van der Waals surface area contributed by atoms with Gasteiger partial charge in [-0.15, -0.1) is 0 Å². The molecule has 0 spiro atoms. The topological polar surface area (TPSA) is 0 Å². The Morgan fingerprint density at radius 2 is 1.52 bits per heavy atom. The second-order valence-electron chi connectivity index (χ2n) is 8.36. The maximum atomic E-state index is 15.3. The Labute approximate surface area is 180 Å². The molecule has 0 nitrogen and oxygen atoms in total. The average molecular weight is 426 g/mol. The van der Waals surface area contributed by atoms with Crippen molar-refractivity contribution in [1.82, 2.24) is 0 Å². The zero-order valence-corrected chi connectivity index (χ0v) is 17.7. The fraction of sp³-hybridized carbons (Fsp3) is 0.333. The lowest BCUT2D eigenvalue weighted by Gasteiger charge is -2.23. The minimum absolute atomic E-state index is 0.000850. The van der Waals surface area contributed by atoms with Crippen molar-refractivity contribution in [2.75, 3.05) is 0 Å². The van der Waals surface area contributed by atoms with Crippen LogP contribution in [-0.4, -0.2) is 0 Å². The van der Waals surface area contributed by atoms with Gasteiger partial charge >= 0.3 is 0 Å². The molecule has 0 fully saturated rings. The summed E-state index contributed by atoms with van der Waals surface area (Å²) < 4.78 is 57.1. The molecule has 0 unspecified atom stereocenters. The minimum atomic E-state index is -1.12. The molecule has 0 radical (unpaired) electrons. The van der Waals surface area contributed by atoms with Gasteiger partial charge in [-0.05, 0) is 77.3 Å². The van der Waals surface area contributed by atoms with Gasteiger partial charge in [0.25, 0.3) is 0 Å². The lowest BCUT2D eigenvalue weighted by Crippen LogP contribution is -2.09. The quantitative estimate of drug-likeness (QED) is 0.264. The summed E-state index contributed by atoms with van der Waals surface area (Å²) in [4.78, 5) is 0. The van der Waals surface area contributed by atoms with Gasteiger partial charge < -0.3 is 0 Å². The van der Waals surface area contributed by atoms with Crippen LogP contribution in [0.5, 0.6) is 0 Å². The zero-order valence-electron chi connectivity index (χ0n) is 17.7. The van der Waals surface area contributed by atoms with E-state index in [1.165, 1.54) is 43.4 Å². The fourth-order valence-corrected chi connectivity index (χ4v) is 4.53. The zero-order chi connectivity index (χ0) is 22.0. The summed E-state index contributed by atoms with van der Waals surface area (Å²) in [6, 6.07) is 10.4. The van der Waals surface area contributed by atoms with Crippen molar-refractivity contribution < 1.29 is 17.6 Å². The molecule has 0 amide bonds. The first-order chi connectivity index (χ1) is 15.0. The van der Waals surface area contributed by atoms with Gasteiger partial charge in [0.1, 0.15) is 11.6 Å². The highest BCUT2D eigenvalue weighted by molar-refractivity contribution is 5.78. The predicted molar refractivity (Wildman–Crippen MR) is 117 cm³/mol. The first-order valence-corrected chi connectivity index (χ1v) is 11.1. The molecule has 0 saturated heterocycles. The first-order valence-electron chi connectivity index (χ1n) is 11.1. The maximum Gasteiger partial charge on any atom is 0.159 e. The van der Waals surface area contributed by atoms with Crippen molar-refractivity contribution in [2.45, 2.75) is 58.3 Å². The smallest absolute Gasteiger partial charge is 0.159 e. The molecule has 0 saturated carbocycles. The van der Waals surface area contributed by atoms with Gasteiger partial charge in [0.15, 0.2) is 11.6 Å². The number of hydrogen-bond acceptors (Lipinski definition) is 0. The lowest BCUT2D eigenvalue weighted by molar-refractivity contribution is 0.508. The average Bonchev–Trinajstić information content (AvgIpc) is 2.75. The minimum Gasteiger partial charge on any atom is -0.206 e. The Bertz CT molecular complexity index is 1100. The number of rotatable bonds is 7. The van der Waals surface area contributed by atoms with Gasteiger partial charge in [-0.2, -0.15) is 0 Å². The summed E-state index contributed by atoms with van der Waals surface area (Å²) in [6.07, 6.45) is 8.26. The molecule has 3 aromatic rings. The largest absolute Gasteiger partial charge is 0.206 e. The fourth-order valence-electron chi connectivity index (χ4n) is 4.53. The molecule has 3 aromatic carbocycles. The van der Waals surface area contributed by atoms with Crippen LogP contribution in [0.15, 0.2) is 42.5 Å². The van der Waals surface area contributed by atoms with Crippen LogP contribution in [0.1, 0.15) is 55.7 Å². The second kappa shape index (κ2) is 9.25. The van der Waals surface area contributed by atoms with Gasteiger partial charge in [0.05, 0.1) is 5.56 Å². The van der Waals surface area contributed by atoms with Crippen molar-refractivity contribution >= 4 is 0 Å². The Kier molecular flexibility index (Phi) is 6.45. The molecule has 1 aliphatic carbocycles. The van der Waals surface area contributed by atoms with Crippen LogP contribution in [0.2, 0.25) is 0 Å². The van der Waals surface area contributed by atoms with E-state index in [9.17, 15) is 13.2 Å². The van der Waals surface area contributed by atoms with Crippen molar-refractivity contribution in [3.63, 3.8) is 0 Å². The van der Waals surface area contributed by atoms with Crippen LogP contribution in [0.3, 0.4) is 0 Å². The Hall–Kier alpha value is -2.62. The number of unbranched alkanes of at least 4 members (excludes halogenated alkanes) is 4. The second-order valence-corrected chi connectivity index (χ2v) is 8.36. The highest BCUT2D eigenvalue weighted by atomic mass is 19.2. The first kappa shape index (κ1) is 21.6. The van der Waals surface area contributed by atoms with Crippen molar-refractivity contribution in [3.05, 3.63) is 82.4 Å². The van der Waals surface area contributed by atoms with E-state index >= 15 is 4.39 Å². The van der Waals surface area contributed by atoms with Crippen LogP contribution in [0, 0.1) is 23.3 Å². The molecule has 0 aliphatic heterocycles. The van der Waals surface area contributed by atoms with E-state index in [2.05, 4.69) is 13.0 Å². The number of halogens is 4. The number of hydrogen-bond donors (Lipinski definition) is 0. The molecular weight excluding hydrogens is 400 g/mol. The van der Waals surface area contributed by atoms with E-state index in [1.54, 1.807) is 0 Å². The summed E-state index contributed by atoms with van der Waals surface area (Å²) in [6.45, 7) is 2.20. The molecule has 4 rings (SSSR count). The van der Waals surface area contributed by atoms with E-state index in [0.717, 1.165) is 36.1 Å². The van der Waals surface area contributed by atoms with Gasteiger partial charge in [-0.1, -0.05) is 56.9 Å². The number of aryl methyl sites for hydroxylation is 2. The summed E-state index contributed by atoms with van der Waals surface area (Å²) >= 11 is 0. The third-order valence-electron chi connectivity index (χ3n) is 6.20. The van der Waals surface area contributed by atoms with Crippen LogP contribution >= 0.6 is 0 Å². The van der Waals surface area contributed by atoms with E-state index < -0.39 is 23.3 Å². The molecule has 0 bridgehead atoms. The predicted octanol–water partition coefficient (Wildman–Crippen LogP) is 8.19. The van der Waals surface area contributed by atoms with Gasteiger partial charge in [-0.25, -0.2) is 17.6 Å². The van der Waals surface area contributed by atoms with Crippen LogP contribution in [0.4, 0.5) is 17.6 Å². The maximum absolute atomic E-state index is 15.3. The monoisotopic (exact) mass is 426 g/mol. The van der Waals surface area contributed by atoms with Crippen molar-refractivity contribution in [1.29, 1.82) is 0 Å².